The Morgan fingerprint density at radius 1 is 0.917 bits per heavy atom. The summed E-state index contributed by atoms with van der Waals surface area (Å²) in [5, 5.41) is 16.1. The van der Waals surface area contributed by atoms with Crippen LogP contribution in [0.15, 0.2) is 84.0 Å². The topological polar surface area (TPSA) is 82.0 Å². The van der Waals surface area contributed by atoms with Gasteiger partial charge in [-0.1, -0.05) is 77.8 Å². The fraction of sp³-hybridized carbons (Fsp3) is 0.107. The average molecular weight is 520 g/mol. The van der Waals surface area contributed by atoms with Crippen LogP contribution >= 0.6 is 23.2 Å². The second kappa shape index (κ2) is 11.2. The van der Waals surface area contributed by atoms with Crippen molar-refractivity contribution in [2.45, 2.75) is 13.0 Å². The van der Waals surface area contributed by atoms with Gasteiger partial charge in [0.05, 0.1) is 17.7 Å². The number of phenolic OH excluding ortho intramolecular Hbond substituents is 1. The normalized spacial score (nSPS) is 11.1. The van der Waals surface area contributed by atoms with E-state index in [0.717, 1.165) is 27.5 Å². The van der Waals surface area contributed by atoms with Crippen LogP contribution in [0.4, 0.5) is 0 Å². The van der Waals surface area contributed by atoms with Crippen LogP contribution in [0.3, 0.4) is 0 Å². The lowest BCUT2D eigenvalue weighted by Crippen LogP contribution is -2.27. The highest BCUT2D eigenvalue weighted by atomic mass is 35.5. The number of nitrogens with one attached hydrogen (secondary N) is 1. The van der Waals surface area contributed by atoms with Crippen LogP contribution in [0, 0.1) is 0 Å². The lowest BCUT2D eigenvalue weighted by Gasteiger charge is -2.19. The van der Waals surface area contributed by atoms with Crippen molar-refractivity contribution in [3.8, 4) is 5.75 Å². The predicted molar refractivity (Wildman–Crippen MR) is 144 cm³/mol. The summed E-state index contributed by atoms with van der Waals surface area (Å²) < 4.78 is 0. The third-order valence-electron chi connectivity index (χ3n) is 5.76. The molecule has 0 unspecified atom stereocenters. The molecule has 36 heavy (non-hydrogen) atoms. The Morgan fingerprint density at radius 2 is 1.64 bits per heavy atom. The fourth-order valence-electron chi connectivity index (χ4n) is 3.79. The van der Waals surface area contributed by atoms with Gasteiger partial charge in [0.2, 0.25) is 5.91 Å². The molecule has 6 nitrogen and oxygen atoms in total. The van der Waals surface area contributed by atoms with Crippen molar-refractivity contribution < 1.29 is 14.7 Å². The minimum atomic E-state index is -0.457. The van der Waals surface area contributed by atoms with Gasteiger partial charge in [-0.25, -0.2) is 5.43 Å². The molecular weight excluding hydrogens is 497 g/mol. The van der Waals surface area contributed by atoms with Crippen molar-refractivity contribution in [3.05, 3.63) is 111 Å². The van der Waals surface area contributed by atoms with Crippen molar-refractivity contribution in [1.82, 2.24) is 10.3 Å². The van der Waals surface area contributed by atoms with Gasteiger partial charge in [-0.3, -0.25) is 9.59 Å². The molecule has 0 aliphatic rings. The first-order valence-corrected chi connectivity index (χ1v) is 11.9. The van der Waals surface area contributed by atoms with Crippen molar-refractivity contribution in [2.24, 2.45) is 5.10 Å². The molecule has 8 heteroatoms. The molecule has 4 aromatic carbocycles. The number of nitrogens with zero attached hydrogens (tertiary/aromatic N) is 2. The van der Waals surface area contributed by atoms with Crippen LogP contribution < -0.4 is 5.43 Å². The quantitative estimate of drug-likeness (QED) is 0.238. The zero-order valence-corrected chi connectivity index (χ0v) is 20.9. The molecule has 4 aromatic rings. The van der Waals surface area contributed by atoms with Gasteiger partial charge in [0.25, 0.3) is 5.91 Å². The molecule has 2 N–H and O–H groups in total. The Labute approximate surface area is 218 Å². The average Bonchev–Trinajstić information content (AvgIpc) is 2.88. The number of carbonyl (C=O) groups excluding carboxylic acids is 2. The molecule has 0 fully saturated rings. The van der Waals surface area contributed by atoms with E-state index in [0.29, 0.717) is 11.6 Å². The van der Waals surface area contributed by atoms with Crippen molar-refractivity contribution in [1.29, 1.82) is 0 Å². The standard InChI is InChI=1S/C28H23Cl2N3O3/c1-33(17-21-6-2-5-9-24(21)29)27(35)15-18-10-11-20(23-8-4-3-7-22(18)23)16-31-32-28(36)19-12-13-26(34)25(30)14-19/h2-14,16,34H,15,17H2,1H3,(H,32,36). The third kappa shape index (κ3) is 5.85. The maximum Gasteiger partial charge on any atom is 0.271 e. The van der Waals surface area contributed by atoms with E-state index in [9.17, 15) is 14.7 Å². The second-order valence-electron chi connectivity index (χ2n) is 8.24. The van der Waals surface area contributed by atoms with Crippen LogP contribution in [-0.4, -0.2) is 35.1 Å². The van der Waals surface area contributed by atoms with Crippen LogP contribution in [0.1, 0.15) is 27.0 Å². The third-order valence-corrected chi connectivity index (χ3v) is 6.43. The number of hydrazone groups is 1. The summed E-state index contributed by atoms with van der Waals surface area (Å²) in [5.74, 6) is -0.584. The van der Waals surface area contributed by atoms with Crippen LogP contribution in [0.2, 0.25) is 10.0 Å². The number of hydrogen-bond donors (Lipinski definition) is 2. The van der Waals surface area contributed by atoms with Gasteiger partial charge in [0, 0.05) is 29.7 Å². The smallest absolute Gasteiger partial charge is 0.271 e. The molecule has 0 saturated heterocycles. The van der Waals surface area contributed by atoms with Gasteiger partial charge in [-0.05, 0) is 46.2 Å². The maximum atomic E-state index is 13.0. The van der Waals surface area contributed by atoms with E-state index in [2.05, 4.69) is 10.5 Å². The summed E-state index contributed by atoms with van der Waals surface area (Å²) in [6.45, 7) is 0.424. The summed E-state index contributed by atoms with van der Waals surface area (Å²) in [6, 6.07) is 23.1. The van der Waals surface area contributed by atoms with E-state index in [-0.39, 0.29) is 28.7 Å². The van der Waals surface area contributed by atoms with Gasteiger partial charge in [-0.15, -0.1) is 0 Å². The monoisotopic (exact) mass is 519 g/mol. The predicted octanol–water partition coefficient (Wildman–Crippen LogP) is 5.82. The molecule has 182 valence electrons. The van der Waals surface area contributed by atoms with Gasteiger partial charge in [0.1, 0.15) is 5.75 Å². The van der Waals surface area contributed by atoms with Crippen LogP contribution in [-0.2, 0) is 17.8 Å². The number of hydrogen-bond acceptors (Lipinski definition) is 4. The Bertz CT molecular complexity index is 1470. The highest BCUT2D eigenvalue weighted by molar-refractivity contribution is 6.32. The summed E-state index contributed by atoms with van der Waals surface area (Å²) in [5.41, 5.74) is 5.31. The Morgan fingerprint density at radius 3 is 2.39 bits per heavy atom. The lowest BCUT2D eigenvalue weighted by molar-refractivity contribution is -0.129. The number of rotatable bonds is 7. The molecule has 4 rings (SSSR count). The summed E-state index contributed by atoms with van der Waals surface area (Å²) in [7, 11) is 1.76. The lowest BCUT2D eigenvalue weighted by atomic mass is 9.98. The zero-order chi connectivity index (χ0) is 25.7. The van der Waals surface area contributed by atoms with Gasteiger partial charge in [-0.2, -0.15) is 5.10 Å². The molecule has 2 amide bonds. The van der Waals surface area contributed by atoms with Crippen molar-refractivity contribution >= 4 is 52.0 Å². The van der Waals surface area contributed by atoms with E-state index in [1.807, 2.05) is 60.7 Å². The minimum Gasteiger partial charge on any atom is -0.506 e. The number of carbonyl (C=O) groups is 2. The zero-order valence-electron chi connectivity index (χ0n) is 19.4. The van der Waals surface area contributed by atoms with Gasteiger partial charge in [0.15, 0.2) is 0 Å². The van der Waals surface area contributed by atoms with Crippen LogP contribution in [0.25, 0.3) is 10.8 Å². The summed E-state index contributed by atoms with van der Waals surface area (Å²) >= 11 is 12.1. The molecule has 0 heterocycles. The van der Waals surface area contributed by atoms with E-state index >= 15 is 0 Å². The first-order valence-electron chi connectivity index (χ1n) is 11.1. The number of benzene rings is 4. The maximum absolute atomic E-state index is 13.0. The van der Waals surface area contributed by atoms with E-state index in [4.69, 9.17) is 23.2 Å². The number of aromatic hydroxyl groups is 1. The van der Waals surface area contributed by atoms with E-state index in [1.54, 1.807) is 18.2 Å². The number of fused-ring (bicyclic) bond motifs is 1. The number of likely N-dealkylation sites (N-methyl/N-ethyl adjacent to an activating group) is 1. The molecule has 0 spiro atoms. The molecular formula is C28H23Cl2N3O3. The largest absolute Gasteiger partial charge is 0.506 e. The Hall–Kier alpha value is -3.87. The number of amides is 2. The Balaban J connectivity index is 1.49. The van der Waals surface area contributed by atoms with Gasteiger partial charge >= 0.3 is 0 Å². The summed E-state index contributed by atoms with van der Waals surface area (Å²) in [6.07, 6.45) is 1.79. The highest BCUT2D eigenvalue weighted by Crippen LogP contribution is 2.25. The SMILES string of the molecule is CN(Cc1ccccc1Cl)C(=O)Cc1ccc(C=NNC(=O)c2ccc(O)c(Cl)c2)c2ccccc12. The summed E-state index contributed by atoms with van der Waals surface area (Å²) in [4.78, 5) is 27.0. The fourth-order valence-corrected chi connectivity index (χ4v) is 4.17. The number of halogens is 2. The van der Waals surface area contributed by atoms with E-state index < -0.39 is 5.91 Å². The molecule has 0 aliphatic heterocycles. The van der Waals surface area contributed by atoms with Crippen LogP contribution in [0.5, 0.6) is 5.75 Å². The first-order chi connectivity index (χ1) is 17.3. The highest BCUT2D eigenvalue weighted by Gasteiger charge is 2.14. The first kappa shape index (κ1) is 25.2. The second-order valence-corrected chi connectivity index (χ2v) is 9.06. The van der Waals surface area contributed by atoms with Crippen molar-refractivity contribution in [3.63, 3.8) is 0 Å². The molecule has 0 bridgehead atoms. The molecule has 0 aromatic heterocycles. The minimum absolute atomic E-state index is 0.0266. The molecule has 0 radical (unpaired) electrons. The Kier molecular flexibility index (Phi) is 7.88. The van der Waals surface area contributed by atoms with Crippen molar-refractivity contribution in [2.75, 3.05) is 7.05 Å². The number of phenols is 1. The molecule has 0 aliphatic carbocycles. The van der Waals surface area contributed by atoms with Gasteiger partial charge < -0.3 is 10.0 Å². The molecule has 0 saturated carbocycles. The molecule has 0 atom stereocenters. The van der Waals surface area contributed by atoms with E-state index in [1.165, 1.54) is 18.2 Å².